The lowest BCUT2D eigenvalue weighted by Gasteiger charge is -2.33. The van der Waals surface area contributed by atoms with Crippen LogP contribution in [-0.2, 0) is 6.54 Å². The number of nitrogens with zero attached hydrogens (tertiary/aromatic N) is 1. The van der Waals surface area contributed by atoms with Crippen LogP contribution >= 0.6 is 0 Å². The highest BCUT2D eigenvalue weighted by Gasteiger charge is 2.21. The second-order valence-electron chi connectivity index (χ2n) is 5.97. The van der Waals surface area contributed by atoms with Crippen LogP contribution in [0, 0.1) is 5.92 Å². The number of likely N-dealkylation sites (tertiary alicyclic amines) is 1. The van der Waals surface area contributed by atoms with E-state index in [0.29, 0.717) is 12.0 Å². The summed E-state index contributed by atoms with van der Waals surface area (Å²) in [4.78, 5) is 2.53. The maximum atomic E-state index is 6.00. The number of ether oxygens (including phenoxy) is 1. The van der Waals surface area contributed by atoms with Gasteiger partial charge >= 0.3 is 0 Å². The van der Waals surface area contributed by atoms with E-state index >= 15 is 0 Å². The minimum atomic E-state index is 0.336. The third-order valence-corrected chi connectivity index (χ3v) is 4.15. The predicted molar refractivity (Wildman–Crippen MR) is 83.9 cm³/mol. The van der Waals surface area contributed by atoms with Crippen molar-refractivity contribution in [3.05, 3.63) is 29.8 Å². The standard InChI is InChI=1S/C17H28N2O/c1-3-11-20-17-6-4-5-15(12-17)13-19-9-7-16(8-10-19)14(2)18/h4-6,12,14,16H,3,7-11,13,18H2,1-2H3. The van der Waals surface area contributed by atoms with Gasteiger partial charge in [-0.05, 0) is 62.9 Å². The third kappa shape index (κ3) is 4.50. The summed E-state index contributed by atoms with van der Waals surface area (Å²) >= 11 is 0. The van der Waals surface area contributed by atoms with E-state index in [0.717, 1.165) is 38.4 Å². The van der Waals surface area contributed by atoms with E-state index in [1.165, 1.54) is 18.4 Å². The molecule has 1 atom stereocenters. The van der Waals surface area contributed by atoms with E-state index in [2.05, 4.69) is 36.9 Å². The van der Waals surface area contributed by atoms with Crippen LogP contribution in [0.25, 0.3) is 0 Å². The average molecular weight is 276 g/mol. The van der Waals surface area contributed by atoms with Gasteiger partial charge in [-0.25, -0.2) is 0 Å². The van der Waals surface area contributed by atoms with Crippen molar-refractivity contribution < 1.29 is 4.74 Å². The Hall–Kier alpha value is -1.06. The summed E-state index contributed by atoms with van der Waals surface area (Å²) in [5.41, 5.74) is 7.34. The minimum Gasteiger partial charge on any atom is -0.494 e. The van der Waals surface area contributed by atoms with E-state index in [1.807, 2.05) is 6.07 Å². The molecular formula is C17H28N2O. The van der Waals surface area contributed by atoms with Gasteiger partial charge < -0.3 is 10.5 Å². The lowest BCUT2D eigenvalue weighted by atomic mass is 9.91. The summed E-state index contributed by atoms with van der Waals surface area (Å²) in [6, 6.07) is 8.84. The van der Waals surface area contributed by atoms with Gasteiger partial charge in [-0.3, -0.25) is 4.90 Å². The molecule has 1 saturated heterocycles. The molecule has 0 saturated carbocycles. The maximum absolute atomic E-state index is 6.00. The van der Waals surface area contributed by atoms with Crippen molar-refractivity contribution in [3.8, 4) is 5.75 Å². The van der Waals surface area contributed by atoms with E-state index < -0.39 is 0 Å². The van der Waals surface area contributed by atoms with Crippen molar-refractivity contribution in [2.75, 3.05) is 19.7 Å². The molecule has 1 unspecified atom stereocenters. The molecule has 1 aliphatic heterocycles. The molecule has 1 aromatic carbocycles. The zero-order valence-electron chi connectivity index (χ0n) is 12.8. The van der Waals surface area contributed by atoms with E-state index in [9.17, 15) is 0 Å². The van der Waals surface area contributed by atoms with Crippen molar-refractivity contribution >= 4 is 0 Å². The first-order valence-corrected chi connectivity index (χ1v) is 7.88. The van der Waals surface area contributed by atoms with Gasteiger partial charge in [0.15, 0.2) is 0 Å². The first-order valence-electron chi connectivity index (χ1n) is 7.88. The van der Waals surface area contributed by atoms with Crippen LogP contribution in [0.15, 0.2) is 24.3 Å². The zero-order chi connectivity index (χ0) is 14.4. The Labute approximate surface area is 123 Å². The maximum Gasteiger partial charge on any atom is 0.119 e. The summed E-state index contributed by atoms with van der Waals surface area (Å²) in [6.45, 7) is 8.40. The average Bonchev–Trinajstić information content (AvgIpc) is 2.46. The van der Waals surface area contributed by atoms with Gasteiger partial charge in [-0.15, -0.1) is 0 Å². The Morgan fingerprint density at radius 3 is 2.75 bits per heavy atom. The van der Waals surface area contributed by atoms with Crippen molar-refractivity contribution in [2.24, 2.45) is 11.7 Å². The minimum absolute atomic E-state index is 0.336. The fourth-order valence-corrected chi connectivity index (χ4v) is 2.85. The SMILES string of the molecule is CCCOc1cccc(CN2CCC(C(C)N)CC2)c1. The normalized spacial score (nSPS) is 18.9. The highest BCUT2D eigenvalue weighted by atomic mass is 16.5. The third-order valence-electron chi connectivity index (χ3n) is 4.15. The number of rotatable bonds is 6. The molecule has 20 heavy (non-hydrogen) atoms. The second kappa shape index (κ2) is 7.65. The van der Waals surface area contributed by atoms with Gasteiger partial charge in [0.25, 0.3) is 0 Å². The number of nitrogens with two attached hydrogens (primary N) is 1. The fourth-order valence-electron chi connectivity index (χ4n) is 2.85. The molecule has 1 aromatic rings. The Bertz CT molecular complexity index is 398. The first kappa shape index (κ1) is 15.3. The van der Waals surface area contributed by atoms with Crippen molar-refractivity contribution in [2.45, 2.75) is 45.7 Å². The molecule has 2 rings (SSSR count). The van der Waals surface area contributed by atoms with E-state index in [4.69, 9.17) is 10.5 Å². The van der Waals surface area contributed by atoms with Crippen molar-refractivity contribution in [1.82, 2.24) is 4.90 Å². The molecule has 1 fully saturated rings. The quantitative estimate of drug-likeness (QED) is 0.868. The Morgan fingerprint density at radius 1 is 1.35 bits per heavy atom. The van der Waals surface area contributed by atoms with Gasteiger partial charge in [-0.1, -0.05) is 19.1 Å². The molecule has 0 radical (unpaired) electrons. The molecule has 3 nitrogen and oxygen atoms in total. The lowest BCUT2D eigenvalue weighted by molar-refractivity contribution is 0.165. The largest absolute Gasteiger partial charge is 0.494 e. The van der Waals surface area contributed by atoms with Gasteiger partial charge in [0.2, 0.25) is 0 Å². The lowest BCUT2D eigenvalue weighted by Crippen LogP contribution is -2.39. The zero-order valence-corrected chi connectivity index (χ0v) is 12.8. The van der Waals surface area contributed by atoms with Crippen LogP contribution in [0.1, 0.15) is 38.7 Å². The summed E-state index contributed by atoms with van der Waals surface area (Å²) in [5.74, 6) is 1.69. The predicted octanol–water partition coefficient (Wildman–Crippen LogP) is 3.03. The number of piperidine rings is 1. The smallest absolute Gasteiger partial charge is 0.119 e. The monoisotopic (exact) mass is 276 g/mol. The van der Waals surface area contributed by atoms with Gasteiger partial charge in [-0.2, -0.15) is 0 Å². The molecule has 0 amide bonds. The fraction of sp³-hybridized carbons (Fsp3) is 0.647. The molecule has 112 valence electrons. The molecule has 3 heteroatoms. The van der Waals surface area contributed by atoms with Crippen LogP contribution in [0.4, 0.5) is 0 Å². The van der Waals surface area contributed by atoms with Crippen molar-refractivity contribution in [3.63, 3.8) is 0 Å². The number of benzene rings is 1. The van der Waals surface area contributed by atoms with Gasteiger partial charge in [0, 0.05) is 12.6 Å². The summed E-state index contributed by atoms with van der Waals surface area (Å²) < 4.78 is 5.70. The van der Waals surface area contributed by atoms with Crippen LogP contribution in [0.2, 0.25) is 0 Å². The Morgan fingerprint density at radius 2 is 2.10 bits per heavy atom. The molecule has 1 heterocycles. The number of hydrogen-bond acceptors (Lipinski definition) is 3. The molecule has 0 aromatic heterocycles. The molecule has 0 aliphatic carbocycles. The topological polar surface area (TPSA) is 38.5 Å². The second-order valence-corrected chi connectivity index (χ2v) is 5.97. The van der Waals surface area contributed by atoms with Crippen molar-refractivity contribution in [1.29, 1.82) is 0 Å². The summed E-state index contributed by atoms with van der Waals surface area (Å²) in [5, 5.41) is 0. The summed E-state index contributed by atoms with van der Waals surface area (Å²) in [6.07, 6.45) is 3.50. The Kier molecular flexibility index (Phi) is 5.86. The molecule has 2 N–H and O–H groups in total. The van der Waals surface area contributed by atoms with Crippen LogP contribution in [-0.4, -0.2) is 30.6 Å². The van der Waals surface area contributed by atoms with Crippen LogP contribution < -0.4 is 10.5 Å². The molecule has 0 bridgehead atoms. The molecule has 0 spiro atoms. The number of hydrogen-bond donors (Lipinski definition) is 1. The summed E-state index contributed by atoms with van der Waals surface area (Å²) in [7, 11) is 0. The highest BCUT2D eigenvalue weighted by molar-refractivity contribution is 5.28. The van der Waals surface area contributed by atoms with Crippen LogP contribution in [0.5, 0.6) is 5.75 Å². The van der Waals surface area contributed by atoms with E-state index in [1.54, 1.807) is 0 Å². The molecule has 1 aliphatic rings. The first-order chi connectivity index (χ1) is 9.69. The van der Waals surface area contributed by atoms with Crippen LogP contribution in [0.3, 0.4) is 0 Å². The van der Waals surface area contributed by atoms with E-state index in [-0.39, 0.29) is 0 Å². The molecular weight excluding hydrogens is 248 g/mol. The Balaban J connectivity index is 1.84. The van der Waals surface area contributed by atoms with Gasteiger partial charge in [0.1, 0.15) is 5.75 Å². The van der Waals surface area contributed by atoms with Gasteiger partial charge in [0.05, 0.1) is 6.61 Å². The highest BCUT2D eigenvalue weighted by Crippen LogP contribution is 2.22.